The molecule has 0 fully saturated rings. The first kappa shape index (κ1) is 18.5. The lowest BCUT2D eigenvalue weighted by atomic mass is 10.1. The van der Waals surface area contributed by atoms with Crippen molar-refractivity contribution in [3.63, 3.8) is 0 Å². The molecule has 4 nitrogen and oxygen atoms in total. The summed E-state index contributed by atoms with van der Waals surface area (Å²) in [6, 6.07) is 16.7. The van der Waals surface area contributed by atoms with E-state index < -0.39 is 0 Å². The molecule has 0 saturated carbocycles. The highest BCUT2D eigenvalue weighted by atomic mass is 35.5. The van der Waals surface area contributed by atoms with E-state index in [4.69, 9.17) is 27.7 Å². The number of hydrogen-bond acceptors (Lipinski definition) is 3. The Morgan fingerprint density at radius 3 is 2.65 bits per heavy atom. The van der Waals surface area contributed by atoms with Gasteiger partial charge < -0.3 is 9.42 Å². The topological polar surface area (TPSA) is 46.3 Å². The Kier molecular flexibility index (Phi) is 5.96. The molecule has 6 heteroatoms. The fourth-order valence-corrected chi connectivity index (χ4v) is 3.01. The molecule has 0 radical (unpaired) electrons. The molecule has 0 spiro atoms. The van der Waals surface area contributed by atoms with Crippen LogP contribution in [0.25, 0.3) is 11.3 Å². The van der Waals surface area contributed by atoms with Crippen LogP contribution in [0.15, 0.2) is 59.1 Å². The van der Waals surface area contributed by atoms with Crippen LogP contribution >= 0.6 is 23.2 Å². The van der Waals surface area contributed by atoms with Gasteiger partial charge in [-0.1, -0.05) is 58.7 Å². The molecule has 1 aromatic heterocycles. The predicted molar refractivity (Wildman–Crippen MR) is 104 cm³/mol. The number of aryl methyl sites for hydroxylation is 1. The first-order valence-electron chi connectivity index (χ1n) is 8.26. The highest BCUT2D eigenvalue weighted by molar-refractivity contribution is 6.35. The third-order valence-corrected chi connectivity index (χ3v) is 4.62. The summed E-state index contributed by atoms with van der Waals surface area (Å²) in [4.78, 5) is 14.1. The Labute approximate surface area is 162 Å². The van der Waals surface area contributed by atoms with Gasteiger partial charge in [-0.2, -0.15) is 0 Å². The molecule has 134 valence electrons. The molecule has 0 unspecified atom stereocenters. The van der Waals surface area contributed by atoms with Crippen molar-refractivity contribution in [3.8, 4) is 11.3 Å². The molecule has 1 heterocycles. The van der Waals surface area contributed by atoms with E-state index >= 15 is 0 Å². The largest absolute Gasteiger partial charge is 0.361 e. The summed E-state index contributed by atoms with van der Waals surface area (Å²) in [5.41, 5.74) is 2.24. The minimum Gasteiger partial charge on any atom is -0.361 e. The number of carbonyl (C=O) groups excluding carboxylic acids is 1. The van der Waals surface area contributed by atoms with Crippen LogP contribution in [0.4, 0.5) is 0 Å². The van der Waals surface area contributed by atoms with Gasteiger partial charge in [-0.15, -0.1) is 0 Å². The molecule has 3 rings (SSSR count). The van der Waals surface area contributed by atoms with Crippen molar-refractivity contribution in [2.24, 2.45) is 0 Å². The number of amides is 1. The highest BCUT2D eigenvalue weighted by Gasteiger charge is 2.16. The fourth-order valence-electron chi connectivity index (χ4n) is 2.63. The zero-order valence-electron chi connectivity index (χ0n) is 14.3. The lowest BCUT2D eigenvalue weighted by Gasteiger charge is -2.17. The Morgan fingerprint density at radius 1 is 1.12 bits per heavy atom. The number of carbonyl (C=O) groups is 1. The zero-order valence-corrected chi connectivity index (χ0v) is 15.8. The summed E-state index contributed by atoms with van der Waals surface area (Å²) in [7, 11) is 1.75. The molecule has 26 heavy (non-hydrogen) atoms. The van der Waals surface area contributed by atoms with E-state index in [9.17, 15) is 4.79 Å². The van der Waals surface area contributed by atoms with Crippen LogP contribution in [0.3, 0.4) is 0 Å². The van der Waals surface area contributed by atoms with Crippen LogP contribution < -0.4 is 0 Å². The molecule has 0 aliphatic heterocycles. The average molecular weight is 389 g/mol. The SMILES string of the molecule is CN(CCCc1cc(-c2ccccc2)no1)C(=O)c1cc(Cl)ccc1Cl. The Morgan fingerprint density at radius 2 is 1.88 bits per heavy atom. The van der Waals surface area contributed by atoms with Crippen LogP contribution in [-0.4, -0.2) is 29.6 Å². The summed E-state index contributed by atoms with van der Waals surface area (Å²) in [6.45, 7) is 0.572. The van der Waals surface area contributed by atoms with Gasteiger partial charge in [0.15, 0.2) is 0 Å². The van der Waals surface area contributed by atoms with Crippen molar-refractivity contribution in [2.75, 3.05) is 13.6 Å². The van der Waals surface area contributed by atoms with Gasteiger partial charge in [-0.3, -0.25) is 4.79 Å². The summed E-state index contributed by atoms with van der Waals surface area (Å²) >= 11 is 12.1. The highest BCUT2D eigenvalue weighted by Crippen LogP contribution is 2.22. The summed E-state index contributed by atoms with van der Waals surface area (Å²) in [5.74, 6) is 0.644. The average Bonchev–Trinajstić information content (AvgIpc) is 3.12. The van der Waals surface area contributed by atoms with Gasteiger partial charge in [-0.25, -0.2) is 0 Å². The Hall–Kier alpha value is -2.30. The molecule has 0 aliphatic carbocycles. The second kappa shape index (κ2) is 8.39. The molecular formula is C20H18Cl2N2O2. The second-order valence-corrected chi connectivity index (χ2v) is 6.84. The van der Waals surface area contributed by atoms with Crippen LogP contribution in [0.2, 0.25) is 10.0 Å². The maximum Gasteiger partial charge on any atom is 0.255 e. The van der Waals surface area contributed by atoms with Crippen molar-refractivity contribution in [1.29, 1.82) is 0 Å². The van der Waals surface area contributed by atoms with Crippen molar-refractivity contribution in [3.05, 3.63) is 76.0 Å². The third-order valence-electron chi connectivity index (χ3n) is 4.05. The lowest BCUT2D eigenvalue weighted by Crippen LogP contribution is -2.28. The normalized spacial score (nSPS) is 10.7. The molecule has 3 aromatic rings. The van der Waals surface area contributed by atoms with Gasteiger partial charge in [0.1, 0.15) is 11.5 Å². The van der Waals surface area contributed by atoms with Crippen molar-refractivity contribution < 1.29 is 9.32 Å². The monoisotopic (exact) mass is 388 g/mol. The molecule has 2 aromatic carbocycles. The van der Waals surface area contributed by atoms with Crippen LogP contribution in [0, 0.1) is 0 Å². The number of rotatable bonds is 6. The van der Waals surface area contributed by atoms with Crippen molar-refractivity contribution in [2.45, 2.75) is 12.8 Å². The van der Waals surface area contributed by atoms with Gasteiger partial charge in [0.2, 0.25) is 0 Å². The van der Waals surface area contributed by atoms with E-state index in [1.165, 1.54) is 0 Å². The van der Waals surface area contributed by atoms with Gasteiger partial charge in [0, 0.05) is 36.7 Å². The van der Waals surface area contributed by atoms with E-state index in [0.717, 1.165) is 23.4 Å². The molecule has 0 atom stereocenters. The van der Waals surface area contributed by atoms with Gasteiger partial charge in [0.25, 0.3) is 5.91 Å². The molecule has 1 amide bonds. The zero-order chi connectivity index (χ0) is 18.5. The van der Waals surface area contributed by atoms with Gasteiger partial charge >= 0.3 is 0 Å². The fraction of sp³-hybridized carbons (Fsp3) is 0.200. The number of aromatic nitrogens is 1. The molecular weight excluding hydrogens is 371 g/mol. The molecule has 0 bridgehead atoms. The summed E-state index contributed by atoms with van der Waals surface area (Å²) < 4.78 is 5.39. The van der Waals surface area contributed by atoms with E-state index in [-0.39, 0.29) is 5.91 Å². The van der Waals surface area contributed by atoms with E-state index in [1.54, 1.807) is 30.1 Å². The third kappa shape index (κ3) is 4.45. The van der Waals surface area contributed by atoms with Crippen LogP contribution in [0.1, 0.15) is 22.5 Å². The van der Waals surface area contributed by atoms with Gasteiger partial charge in [-0.05, 0) is 24.6 Å². The first-order chi connectivity index (χ1) is 12.5. The number of halogens is 2. The maximum atomic E-state index is 12.5. The molecule has 0 aliphatic rings. The predicted octanol–water partition coefficient (Wildman–Crippen LogP) is 5.35. The molecule has 0 N–H and O–H groups in total. The Balaban J connectivity index is 1.55. The summed E-state index contributed by atoms with van der Waals surface area (Å²) in [5, 5.41) is 4.99. The van der Waals surface area contributed by atoms with Crippen LogP contribution in [-0.2, 0) is 6.42 Å². The quantitative estimate of drug-likeness (QED) is 0.571. The van der Waals surface area contributed by atoms with Crippen molar-refractivity contribution >= 4 is 29.1 Å². The first-order valence-corrected chi connectivity index (χ1v) is 9.01. The number of benzene rings is 2. The number of hydrogen-bond donors (Lipinski definition) is 0. The minimum absolute atomic E-state index is 0.153. The van der Waals surface area contributed by atoms with E-state index in [1.807, 2.05) is 36.4 Å². The second-order valence-electron chi connectivity index (χ2n) is 6.00. The minimum atomic E-state index is -0.153. The molecule has 0 saturated heterocycles. The van der Waals surface area contributed by atoms with E-state index in [0.29, 0.717) is 28.6 Å². The smallest absolute Gasteiger partial charge is 0.255 e. The summed E-state index contributed by atoms with van der Waals surface area (Å²) in [6.07, 6.45) is 1.45. The lowest BCUT2D eigenvalue weighted by molar-refractivity contribution is 0.0793. The Bertz CT molecular complexity index is 894. The van der Waals surface area contributed by atoms with Crippen molar-refractivity contribution in [1.82, 2.24) is 10.1 Å². The number of nitrogens with zero attached hydrogens (tertiary/aromatic N) is 2. The standard InChI is InChI=1S/C20H18Cl2N2O2/c1-24(20(25)17-12-15(21)9-10-18(17)22)11-5-8-16-13-19(23-26-16)14-6-3-2-4-7-14/h2-4,6-7,9-10,12-13H,5,8,11H2,1H3. The van der Waals surface area contributed by atoms with Gasteiger partial charge in [0.05, 0.1) is 10.6 Å². The van der Waals surface area contributed by atoms with Crippen LogP contribution in [0.5, 0.6) is 0 Å². The van der Waals surface area contributed by atoms with E-state index in [2.05, 4.69) is 5.16 Å². The maximum absolute atomic E-state index is 12.5.